The first kappa shape index (κ1) is 20.4. The first-order valence-corrected chi connectivity index (χ1v) is 10.7. The van der Waals surface area contributed by atoms with Crippen molar-refractivity contribution in [1.29, 1.82) is 0 Å². The van der Waals surface area contributed by atoms with Crippen LogP contribution < -0.4 is 10.6 Å². The average Bonchev–Trinajstić information content (AvgIpc) is 3.26. The lowest BCUT2D eigenvalue weighted by Gasteiger charge is -2.34. The van der Waals surface area contributed by atoms with Crippen molar-refractivity contribution < 1.29 is 9.59 Å². The number of rotatable bonds is 7. The summed E-state index contributed by atoms with van der Waals surface area (Å²) in [6.07, 6.45) is 0.454. The van der Waals surface area contributed by atoms with Gasteiger partial charge in [-0.3, -0.25) is 9.69 Å². The molecule has 0 saturated carbocycles. The highest BCUT2D eigenvalue weighted by Crippen LogP contribution is 2.26. The van der Waals surface area contributed by atoms with Crippen LogP contribution in [0.3, 0.4) is 0 Å². The Morgan fingerprint density at radius 1 is 1.07 bits per heavy atom. The van der Waals surface area contributed by atoms with E-state index in [0.29, 0.717) is 32.6 Å². The molecule has 2 aromatic rings. The SMILES string of the molecule is CCNC(=O)N1CCN(CCC(=O)NC(c2ccccc2)c2cccs2)CC1. The molecule has 2 N–H and O–H groups in total. The van der Waals surface area contributed by atoms with Gasteiger partial charge in [-0.25, -0.2) is 4.79 Å². The van der Waals surface area contributed by atoms with E-state index in [4.69, 9.17) is 0 Å². The van der Waals surface area contributed by atoms with Crippen molar-refractivity contribution in [3.63, 3.8) is 0 Å². The zero-order valence-electron chi connectivity index (χ0n) is 16.3. The van der Waals surface area contributed by atoms with Crippen LogP contribution in [0.5, 0.6) is 0 Å². The van der Waals surface area contributed by atoms with Gasteiger partial charge in [0.2, 0.25) is 5.91 Å². The lowest BCUT2D eigenvalue weighted by Crippen LogP contribution is -2.52. The number of carbonyl (C=O) groups is 2. The van der Waals surface area contributed by atoms with Gasteiger partial charge in [0.25, 0.3) is 0 Å². The van der Waals surface area contributed by atoms with Gasteiger partial charge in [0, 0.05) is 50.6 Å². The Labute approximate surface area is 170 Å². The van der Waals surface area contributed by atoms with Gasteiger partial charge >= 0.3 is 6.03 Å². The number of carbonyl (C=O) groups excluding carboxylic acids is 2. The van der Waals surface area contributed by atoms with Crippen LogP contribution in [0.4, 0.5) is 4.79 Å². The van der Waals surface area contributed by atoms with Crippen molar-refractivity contribution >= 4 is 23.3 Å². The topological polar surface area (TPSA) is 64.7 Å². The summed E-state index contributed by atoms with van der Waals surface area (Å²) in [5.41, 5.74) is 1.09. The predicted molar refractivity (Wildman–Crippen MR) is 112 cm³/mol. The summed E-state index contributed by atoms with van der Waals surface area (Å²) in [7, 11) is 0. The molecule has 150 valence electrons. The molecule has 6 nitrogen and oxygen atoms in total. The molecule has 3 rings (SSSR count). The standard InChI is InChI=1S/C21H28N4O2S/c1-2-22-21(27)25-14-12-24(13-15-25)11-10-19(26)23-20(18-9-6-16-28-18)17-7-4-3-5-8-17/h3-9,16,20H,2,10-15H2,1H3,(H,22,27)(H,23,26). The molecule has 1 aliphatic heterocycles. The maximum Gasteiger partial charge on any atom is 0.317 e. The number of benzene rings is 1. The first-order valence-electron chi connectivity index (χ1n) is 9.80. The van der Waals surface area contributed by atoms with Crippen LogP contribution in [0.2, 0.25) is 0 Å². The summed E-state index contributed by atoms with van der Waals surface area (Å²) < 4.78 is 0. The molecule has 1 aromatic carbocycles. The minimum absolute atomic E-state index is 0.00143. The Morgan fingerprint density at radius 3 is 2.46 bits per heavy atom. The van der Waals surface area contributed by atoms with E-state index < -0.39 is 0 Å². The minimum atomic E-state index is -0.108. The Bertz CT molecular complexity index is 743. The first-order chi connectivity index (χ1) is 13.7. The smallest absolute Gasteiger partial charge is 0.317 e. The normalized spacial score (nSPS) is 15.8. The lowest BCUT2D eigenvalue weighted by atomic mass is 10.1. The maximum atomic E-state index is 12.6. The van der Waals surface area contributed by atoms with E-state index in [-0.39, 0.29) is 18.0 Å². The van der Waals surface area contributed by atoms with E-state index in [1.165, 1.54) is 0 Å². The van der Waals surface area contributed by atoms with Gasteiger partial charge in [-0.15, -0.1) is 11.3 Å². The molecule has 1 aromatic heterocycles. The van der Waals surface area contributed by atoms with E-state index in [9.17, 15) is 9.59 Å². The number of hydrogen-bond donors (Lipinski definition) is 2. The second-order valence-electron chi connectivity index (χ2n) is 6.84. The quantitative estimate of drug-likeness (QED) is 0.751. The summed E-state index contributed by atoms with van der Waals surface area (Å²) in [4.78, 5) is 29.7. The van der Waals surface area contributed by atoms with Crippen LogP contribution in [0.15, 0.2) is 47.8 Å². The third kappa shape index (κ3) is 5.56. The van der Waals surface area contributed by atoms with Gasteiger partial charge in [-0.1, -0.05) is 36.4 Å². The van der Waals surface area contributed by atoms with Gasteiger partial charge < -0.3 is 15.5 Å². The summed E-state index contributed by atoms with van der Waals surface area (Å²) in [5, 5.41) is 8.06. The van der Waals surface area contributed by atoms with Crippen molar-refractivity contribution in [2.45, 2.75) is 19.4 Å². The van der Waals surface area contributed by atoms with Gasteiger partial charge in [0.15, 0.2) is 0 Å². The van der Waals surface area contributed by atoms with E-state index in [1.54, 1.807) is 11.3 Å². The number of nitrogens with zero attached hydrogens (tertiary/aromatic N) is 2. The lowest BCUT2D eigenvalue weighted by molar-refractivity contribution is -0.122. The number of hydrogen-bond acceptors (Lipinski definition) is 4. The van der Waals surface area contributed by atoms with Crippen molar-refractivity contribution in [3.05, 3.63) is 58.3 Å². The second-order valence-corrected chi connectivity index (χ2v) is 7.82. The third-order valence-electron chi connectivity index (χ3n) is 4.91. The molecule has 7 heteroatoms. The highest BCUT2D eigenvalue weighted by Gasteiger charge is 2.22. The van der Waals surface area contributed by atoms with Crippen LogP contribution in [-0.4, -0.2) is 61.0 Å². The molecule has 1 aliphatic rings. The van der Waals surface area contributed by atoms with E-state index in [2.05, 4.69) is 21.6 Å². The fourth-order valence-electron chi connectivity index (χ4n) is 3.35. The van der Waals surface area contributed by atoms with Crippen LogP contribution in [0.1, 0.15) is 29.8 Å². The van der Waals surface area contributed by atoms with Crippen LogP contribution in [0.25, 0.3) is 0 Å². The van der Waals surface area contributed by atoms with Crippen molar-refractivity contribution in [2.24, 2.45) is 0 Å². The monoisotopic (exact) mass is 400 g/mol. The largest absolute Gasteiger partial charge is 0.344 e. The number of amides is 3. The molecule has 1 unspecified atom stereocenters. The predicted octanol–water partition coefficient (Wildman–Crippen LogP) is 2.69. The van der Waals surface area contributed by atoms with Crippen LogP contribution in [-0.2, 0) is 4.79 Å². The van der Waals surface area contributed by atoms with Crippen molar-refractivity contribution in [1.82, 2.24) is 20.4 Å². The highest BCUT2D eigenvalue weighted by molar-refractivity contribution is 7.10. The Balaban J connectivity index is 1.49. The third-order valence-corrected chi connectivity index (χ3v) is 5.85. The van der Waals surface area contributed by atoms with Crippen LogP contribution in [0, 0.1) is 0 Å². The molecular weight excluding hydrogens is 372 g/mol. The molecule has 0 bridgehead atoms. The molecule has 28 heavy (non-hydrogen) atoms. The van der Waals surface area contributed by atoms with Crippen molar-refractivity contribution in [3.8, 4) is 0 Å². The Kier molecular flexibility index (Phi) is 7.45. The van der Waals surface area contributed by atoms with E-state index in [1.807, 2.05) is 53.6 Å². The number of thiophene rings is 1. The van der Waals surface area contributed by atoms with Gasteiger partial charge in [-0.05, 0) is 23.9 Å². The second kappa shape index (κ2) is 10.2. The summed E-state index contributed by atoms with van der Waals surface area (Å²) >= 11 is 1.65. The summed E-state index contributed by atoms with van der Waals surface area (Å²) in [5.74, 6) is 0.0495. The zero-order valence-corrected chi connectivity index (χ0v) is 17.1. The fraction of sp³-hybridized carbons (Fsp3) is 0.429. The molecule has 1 saturated heterocycles. The molecule has 1 fully saturated rings. The number of nitrogens with one attached hydrogen (secondary N) is 2. The molecule has 1 atom stereocenters. The Hall–Kier alpha value is -2.38. The van der Waals surface area contributed by atoms with Gasteiger partial charge in [-0.2, -0.15) is 0 Å². The molecule has 0 spiro atoms. The maximum absolute atomic E-state index is 12.6. The van der Waals surface area contributed by atoms with E-state index >= 15 is 0 Å². The molecule has 2 heterocycles. The molecular formula is C21H28N4O2S. The fourth-order valence-corrected chi connectivity index (χ4v) is 4.15. The number of piperazine rings is 1. The summed E-state index contributed by atoms with van der Waals surface area (Å²) in [6.45, 7) is 6.29. The average molecular weight is 401 g/mol. The highest BCUT2D eigenvalue weighted by atomic mass is 32.1. The van der Waals surface area contributed by atoms with Gasteiger partial charge in [0.1, 0.15) is 0 Å². The molecule has 0 aliphatic carbocycles. The molecule has 0 radical (unpaired) electrons. The minimum Gasteiger partial charge on any atom is -0.344 e. The van der Waals surface area contributed by atoms with Crippen molar-refractivity contribution in [2.75, 3.05) is 39.3 Å². The summed E-state index contributed by atoms with van der Waals surface area (Å²) in [6, 6.07) is 14.0. The molecule has 3 amide bonds. The van der Waals surface area contributed by atoms with E-state index in [0.717, 1.165) is 23.5 Å². The van der Waals surface area contributed by atoms with Crippen LogP contribution >= 0.6 is 11.3 Å². The number of urea groups is 1. The Morgan fingerprint density at radius 2 is 1.82 bits per heavy atom. The zero-order chi connectivity index (χ0) is 19.8. The van der Waals surface area contributed by atoms with Gasteiger partial charge in [0.05, 0.1) is 6.04 Å².